The Kier molecular flexibility index (Phi) is 5.40. The predicted molar refractivity (Wildman–Crippen MR) is 86.9 cm³/mol. The molecule has 2 rings (SSSR count). The number of hydrogen-bond acceptors (Lipinski definition) is 4. The maximum Gasteiger partial charge on any atom is 0.229 e. The monoisotopic (exact) mass is 305 g/mol. The first-order valence-corrected chi connectivity index (χ1v) is 7.92. The van der Waals surface area contributed by atoms with E-state index in [-0.39, 0.29) is 11.9 Å². The Labute approximate surface area is 133 Å². The van der Waals surface area contributed by atoms with E-state index in [0.29, 0.717) is 6.61 Å². The van der Waals surface area contributed by atoms with Crippen molar-refractivity contribution in [1.29, 1.82) is 0 Å². The van der Waals surface area contributed by atoms with E-state index in [2.05, 4.69) is 22.2 Å². The Morgan fingerprint density at radius 3 is 2.77 bits per heavy atom. The average Bonchev–Trinajstić information content (AvgIpc) is 2.49. The highest BCUT2D eigenvalue weighted by Crippen LogP contribution is 2.21. The lowest BCUT2D eigenvalue weighted by Gasteiger charge is -2.32. The Morgan fingerprint density at radius 1 is 1.45 bits per heavy atom. The highest BCUT2D eigenvalue weighted by molar-refractivity contribution is 5.82. The molecule has 1 aromatic rings. The summed E-state index contributed by atoms with van der Waals surface area (Å²) in [5.74, 6) is 0.797. The number of ether oxygens (including phenoxy) is 1. The van der Waals surface area contributed by atoms with Gasteiger partial charge < -0.3 is 15.0 Å². The summed E-state index contributed by atoms with van der Waals surface area (Å²) in [4.78, 5) is 19.0. The zero-order chi connectivity index (χ0) is 16.2. The number of aromatic nitrogens is 1. The van der Waals surface area contributed by atoms with Crippen molar-refractivity contribution < 1.29 is 9.53 Å². The lowest BCUT2D eigenvalue weighted by atomic mass is 9.92. The van der Waals surface area contributed by atoms with Crippen LogP contribution in [0, 0.1) is 12.3 Å². The molecule has 1 aliphatic heterocycles. The zero-order valence-electron chi connectivity index (χ0n) is 14.1. The van der Waals surface area contributed by atoms with Crippen LogP contribution in [0.3, 0.4) is 0 Å². The number of rotatable bonds is 5. The fourth-order valence-electron chi connectivity index (χ4n) is 2.48. The Morgan fingerprint density at radius 2 is 2.14 bits per heavy atom. The van der Waals surface area contributed by atoms with E-state index in [0.717, 1.165) is 37.4 Å². The first kappa shape index (κ1) is 16.7. The number of hydrogen-bond donors (Lipinski definition) is 1. The molecule has 1 amide bonds. The van der Waals surface area contributed by atoms with Crippen LogP contribution in [0.25, 0.3) is 0 Å². The molecule has 0 radical (unpaired) electrons. The third-order valence-corrected chi connectivity index (χ3v) is 4.22. The molecule has 0 aliphatic carbocycles. The largest absolute Gasteiger partial charge is 0.491 e. The van der Waals surface area contributed by atoms with E-state index < -0.39 is 5.41 Å². The summed E-state index contributed by atoms with van der Waals surface area (Å²) in [7, 11) is 2.12. The minimum Gasteiger partial charge on any atom is -0.491 e. The molecular formula is C17H27N3O2. The standard InChI is InChI=1S/C17H27N3O2/c1-13-15(6-5-9-18-13)22-12-17(2,3)16(21)19-14-7-10-20(4)11-8-14/h5-6,9,14H,7-8,10-12H2,1-4H3,(H,19,21). The Bertz CT molecular complexity index is 508. The van der Waals surface area contributed by atoms with Crippen molar-refractivity contribution in [3.05, 3.63) is 24.0 Å². The molecule has 1 aliphatic rings. The van der Waals surface area contributed by atoms with Gasteiger partial charge in [-0.2, -0.15) is 0 Å². The molecule has 0 aromatic carbocycles. The van der Waals surface area contributed by atoms with Crippen LogP contribution in [-0.2, 0) is 4.79 Å². The number of nitrogens with zero attached hydrogens (tertiary/aromatic N) is 2. The number of likely N-dealkylation sites (tertiary alicyclic amines) is 1. The summed E-state index contributed by atoms with van der Waals surface area (Å²) in [6.07, 6.45) is 3.77. The van der Waals surface area contributed by atoms with Crippen LogP contribution in [0.2, 0.25) is 0 Å². The second-order valence-electron chi connectivity index (χ2n) is 6.81. The molecule has 5 heteroatoms. The highest BCUT2D eigenvalue weighted by atomic mass is 16.5. The van der Waals surface area contributed by atoms with Gasteiger partial charge in [0.15, 0.2) is 0 Å². The number of pyridine rings is 1. The molecule has 0 spiro atoms. The Hall–Kier alpha value is -1.62. The van der Waals surface area contributed by atoms with Crippen LogP contribution in [0.5, 0.6) is 5.75 Å². The lowest BCUT2D eigenvalue weighted by Crippen LogP contribution is -2.49. The van der Waals surface area contributed by atoms with Crippen molar-refractivity contribution in [3.63, 3.8) is 0 Å². The van der Waals surface area contributed by atoms with Crippen LogP contribution < -0.4 is 10.1 Å². The van der Waals surface area contributed by atoms with E-state index in [4.69, 9.17) is 4.74 Å². The number of nitrogens with one attached hydrogen (secondary N) is 1. The first-order chi connectivity index (χ1) is 10.4. The van der Waals surface area contributed by atoms with Crippen molar-refractivity contribution in [3.8, 4) is 5.75 Å². The van der Waals surface area contributed by atoms with E-state index >= 15 is 0 Å². The third-order valence-electron chi connectivity index (χ3n) is 4.22. The molecule has 0 saturated carbocycles. The minimum atomic E-state index is -0.564. The molecule has 1 fully saturated rings. The number of carbonyl (C=O) groups is 1. The Balaban J connectivity index is 1.86. The minimum absolute atomic E-state index is 0.0589. The number of piperidine rings is 1. The SMILES string of the molecule is Cc1ncccc1OCC(C)(C)C(=O)NC1CCN(C)CC1. The van der Waals surface area contributed by atoms with Gasteiger partial charge in [-0.25, -0.2) is 0 Å². The summed E-state index contributed by atoms with van der Waals surface area (Å²) >= 11 is 0. The smallest absolute Gasteiger partial charge is 0.229 e. The van der Waals surface area contributed by atoms with Gasteiger partial charge in [-0.05, 0) is 65.9 Å². The maximum atomic E-state index is 12.5. The van der Waals surface area contributed by atoms with Gasteiger partial charge in [0.1, 0.15) is 12.4 Å². The predicted octanol–water partition coefficient (Wildman–Crippen LogP) is 2.01. The summed E-state index contributed by atoms with van der Waals surface area (Å²) in [6, 6.07) is 4.00. The number of amides is 1. The molecule has 0 unspecified atom stereocenters. The highest BCUT2D eigenvalue weighted by Gasteiger charge is 2.31. The van der Waals surface area contributed by atoms with Crippen molar-refractivity contribution in [2.24, 2.45) is 5.41 Å². The normalized spacial score (nSPS) is 17.3. The van der Waals surface area contributed by atoms with Crippen molar-refractivity contribution >= 4 is 5.91 Å². The second-order valence-corrected chi connectivity index (χ2v) is 6.81. The van der Waals surface area contributed by atoms with Gasteiger partial charge in [0, 0.05) is 12.2 Å². The van der Waals surface area contributed by atoms with Crippen molar-refractivity contribution in [2.75, 3.05) is 26.7 Å². The fourth-order valence-corrected chi connectivity index (χ4v) is 2.48. The summed E-state index contributed by atoms with van der Waals surface area (Å²) in [5, 5.41) is 3.17. The molecule has 122 valence electrons. The number of aryl methyl sites for hydroxylation is 1. The van der Waals surface area contributed by atoms with E-state index in [9.17, 15) is 4.79 Å². The van der Waals surface area contributed by atoms with Gasteiger partial charge in [0.25, 0.3) is 0 Å². The summed E-state index contributed by atoms with van der Waals surface area (Å²) in [5.41, 5.74) is 0.278. The van der Waals surface area contributed by atoms with Gasteiger partial charge in [-0.1, -0.05) is 0 Å². The molecule has 5 nitrogen and oxygen atoms in total. The van der Waals surface area contributed by atoms with Crippen LogP contribution in [0.1, 0.15) is 32.4 Å². The molecule has 1 aromatic heterocycles. The molecular weight excluding hydrogens is 278 g/mol. The van der Waals surface area contributed by atoms with Crippen LogP contribution in [0.15, 0.2) is 18.3 Å². The summed E-state index contributed by atoms with van der Waals surface area (Å²) < 4.78 is 5.80. The van der Waals surface area contributed by atoms with Crippen LogP contribution in [-0.4, -0.2) is 48.6 Å². The van der Waals surface area contributed by atoms with Crippen LogP contribution >= 0.6 is 0 Å². The van der Waals surface area contributed by atoms with E-state index in [1.165, 1.54) is 0 Å². The molecule has 2 heterocycles. The van der Waals surface area contributed by atoms with Crippen molar-refractivity contribution in [1.82, 2.24) is 15.2 Å². The molecule has 0 bridgehead atoms. The zero-order valence-corrected chi connectivity index (χ0v) is 14.1. The topological polar surface area (TPSA) is 54.5 Å². The van der Waals surface area contributed by atoms with Gasteiger partial charge in [-0.3, -0.25) is 9.78 Å². The molecule has 0 atom stereocenters. The second kappa shape index (κ2) is 7.09. The van der Waals surface area contributed by atoms with Crippen molar-refractivity contribution in [2.45, 2.75) is 39.7 Å². The molecule has 22 heavy (non-hydrogen) atoms. The maximum absolute atomic E-state index is 12.5. The van der Waals surface area contributed by atoms with Gasteiger partial charge in [0.05, 0.1) is 11.1 Å². The lowest BCUT2D eigenvalue weighted by molar-refractivity contribution is -0.131. The quantitative estimate of drug-likeness (QED) is 0.904. The van der Waals surface area contributed by atoms with Crippen LogP contribution in [0.4, 0.5) is 0 Å². The van der Waals surface area contributed by atoms with Gasteiger partial charge >= 0.3 is 0 Å². The number of carbonyl (C=O) groups excluding carboxylic acids is 1. The van der Waals surface area contributed by atoms with E-state index in [1.54, 1.807) is 6.20 Å². The van der Waals surface area contributed by atoms with Gasteiger partial charge in [-0.15, -0.1) is 0 Å². The molecule has 1 N–H and O–H groups in total. The average molecular weight is 305 g/mol. The third kappa shape index (κ3) is 4.44. The fraction of sp³-hybridized carbons (Fsp3) is 0.647. The first-order valence-electron chi connectivity index (χ1n) is 7.92. The summed E-state index contributed by atoms with van der Waals surface area (Å²) in [6.45, 7) is 8.17. The molecule has 1 saturated heterocycles. The van der Waals surface area contributed by atoms with E-state index in [1.807, 2.05) is 32.9 Å². The van der Waals surface area contributed by atoms with Gasteiger partial charge in [0.2, 0.25) is 5.91 Å².